The molecule has 0 bridgehead atoms. The second kappa shape index (κ2) is 3.37. The number of aromatic amines is 1. The van der Waals surface area contributed by atoms with Crippen LogP contribution in [0.3, 0.4) is 0 Å². The van der Waals surface area contributed by atoms with Crippen molar-refractivity contribution in [3.8, 4) is 0 Å². The van der Waals surface area contributed by atoms with E-state index in [1.165, 1.54) is 17.6 Å². The fraction of sp³-hybridized carbons (Fsp3) is 0.308. The Hall–Kier alpha value is -1.77. The molecular weight excluding hydrogens is 202 g/mol. The molecule has 82 valence electrons. The molecule has 0 atom stereocenters. The molecule has 0 saturated heterocycles. The van der Waals surface area contributed by atoms with Crippen LogP contribution in [0, 0.1) is 6.92 Å². The predicted octanol–water partition coefficient (Wildman–Crippen LogP) is 3.00. The zero-order valence-electron chi connectivity index (χ0n) is 9.17. The lowest BCUT2D eigenvalue weighted by atomic mass is 10.0. The molecule has 0 spiro atoms. The highest BCUT2D eigenvalue weighted by atomic mass is 16.4. The van der Waals surface area contributed by atoms with Gasteiger partial charge >= 0.3 is 5.76 Å². The highest BCUT2D eigenvalue weighted by Crippen LogP contribution is 2.30. The third-order valence-electron chi connectivity index (χ3n) is 3.14. The van der Waals surface area contributed by atoms with Gasteiger partial charge in [0, 0.05) is 0 Å². The third-order valence-corrected chi connectivity index (χ3v) is 3.14. The number of rotatable bonds is 1. The van der Waals surface area contributed by atoms with E-state index in [4.69, 9.17) is 4.42 Å². The van der Waals surface area contributed by atoms with Crippen molar-refractivity contribution in [2.75, 3.05) is 0 Å². The van der Waals surface area contributed by atoms with Gasteiger partial charge < -0.3 is 4.42 Å². The van der Waals surface area contributed by atoms with Crippen molar-refractivity contribution in [1.82, 2.24) is 4.98 Å². The van der Waals surface area contributed by atoms with Crippen molar-refractivity contribution in [2.45, 2.75) is 26.2 Å². The van der Waals surface area contributed by atoms with E-state index in [0.717, 1.165) is 23.9 Å². The first-order chi connectivity index (χ1) is 7.74. The number of allylic oxidation sites excluding steroid dienone is 2. The van der Waals surface area contributed by atoms with E-state index in [1.54, 1.807) is 0 Å². The fourth-order valence-electron chi connectivity index (χ4n) is 2.34. The summed E-state index contributed by atoms with van der Waals surface area (Å²) in [5.41, 5.74) is 5.09. The van der Waals surface area contributed by atoms with Crippen LogP contribution in [-0.2, 0) is 0 Å². The van der Waals surface area contributed by atoms with E-state index >= 15 is 0 Å². The van der Waals surface area contributed by atoms with Crippen LogP contribution in [0.15, 0.2) is 27.4 Å². The van der Waals surface area contributed by atoms with Gasteiger partial charge in [-0.05, 0) is 55.0 Å². The van der Waals surface area contributed by atoms with Gasteiger partial charge in [0.1, 0.15) is 0 Å². The molecule has 1 aromatic carbocycles. The van der Waals surface area contributed by atoms with Crippen LogP contribution < -0.4 is 5.76 Å². The molecule has 0 radical (unpaired) electrons. The second-order valence-corrected chi connectivity index (χ2v) is 4.30. The van der Waals surface area contributed by atoms with Gasteiger partial charge in [0.15, 0.2) is 5.58 Å². The average Bonchev–Trinajstić information content (AvgIpc) is 2.84. The Bertz CT molecular complexity index is 631. The lowest BCUT2D eigenvalue weighted by molar-refractivity contribution is 0.555. The lowest BCUT2D eigenvalue weighted by Crippen LogP contribution is -1.93. The first-order valence-corrected chi connectivity index (χ1v) is 5.57. The monoisotopic (exact) mass is 215 g/mol. The van der Waals surface area contributed by atoms with Gasteiger partial charge in [-0.1, -0.05) is 6.08 Å². The molecule has 0 amide bonds. The number of oxazole rings is 1. The Morgan fingerprint density at radius 3 is 3.00 bits per heavy atom. The molecule has 1 N–H and O–H groups in total. The average molecular weight is 215 g/mol. The van der Waals surface area contributed by atoms with Gasteiger partial charge in [-0.2, -0.15) is 0 Å². The quantitative estimate of drug-likeness (QED) is 0.794. The number of H-pyrrole nitrogens is 1. The van der Waals surface area contributed by atoms with Crippen molar-refractivity contribution >= 4 is 16.7 Å². The molecule has 16 heavy (non-hydrogen) atoms. The molecule has 3 heteroatoms. The number of hydrogen-bond donors (Lipinski definition) is 1. The molecule has 0 saturated carbocycles. The van der Waals surface area contributed by atoms with Crippen LogP contribution in [0.2, 0.25) is 0 Å². The summed E-state index contributed by atoms with van der Waals surface area (Å²) in [5.74, 6) is -0.379. The van der Waals surface area contributed by atoms with E-state index in [9.17, 15) is 4.79 Å². The van der Waals surface area contributed by atoms with Crippen LogP contribution >= 0.6 is 0 Å². The summed E-state index contributed by atoms with van der Waals surface area (Å²) in [5, 5.41) is 0. The first-order valence-electron chi connectivity index (χ1n) is 5.57. The van der Waals surface area contributed by atoms with E-state index in [-0.39, 0.29) is 5.76 Å². The van der Waals surface area contributed by atoms with Gasteiger partial charge in [0.25, 0.3) is 0 Å². The Balaban J connectivity index is 2.23. The van der Waals surface area contributed by atoms with Crippen molar-refractivity contribution in [2.24, 2.45) is 0 Å². The maximum Gasteiger partial charge on any atom is 0.417 e. The minimum absolute atomic E-state index is 0.379. The van der Waals surface area contributed by atoms with Crippen LogP contribution in [0.25, 0.3) is 16.7 Å². The van der Waals surface area contributed by atoms with Crippen molar-refractivity contribution in [3.05, 3.63) is 39.9 Å². The van der Waals surface area contributed by atoms with Gasteiger partial charge in [0.05, 0.1) is 5.52 Å². The predicted molar refractivity (Wildman–Crippen MR) is 63.4 cm³/mol. The van der Waals surface area contributed by atoms with Crippen LogP contribution in [0.5, 0.6) is 0 Å². The van der Waals surface area contributed by atoms with Crippen molar-refractivity contribution in [1.29, 1.82) is 0 Å². The summed E-state index contributed by atoms with van der Waals surface area (Å²) in [7, 11) is 0. The van der Waals surface area contributed by atoms with Crippen LogP contribution in [0.4, 0.5) is 0 Å². The van der Waals surface area contributed by atoms with Gasteiger partial charge in [0.2, 0.25) is 0 Å². The Morgan fingerprint density at radius 1 is 1.38 bits per heavy atom. The van der Waals surface area contributed by atoms with Crippen molar-refractivity contribution < 1.29 is 4.42 Å². The molecule has 1 aliphatic carbocycles. The Kier molecular flexibility index (Phi) is 1.99. The second-order valence-electron chi connectivity index (χ2n) is 4.30. The maximum absolute atomic E-state index is 11.1. The van der Waals surface area contributed by atoms with Gasteiger partial charge in [-0.25, -0.2) is 4.79 Å². The molecule has 3 nitrogen and oxygen atoms in total. The van der Waals surface area contributed by atoms with E-state index in [2.05, 4.69) is 17.1 Å². The molecule has 1 aliphatic rings. The van der Waals surface area contributed by atoms with Gasteiger partial charge in [-0.15, -0.1) is 0 Å². The number of aromatic nitrogens is 1. The molecule has 0 aliphatic heterocycles. The zero-order chi connectivity index (χ0) is 11.1. The summed E-state index contributed by atoms with van der Waals surface area (Å²) in [6.45, 7) is 1.99. The first kappa shape index (κ1) is 9.46. The summed E-state index contributed by atoms with van der Waals surface area (Å²) in [6, 6.07) is 4.07. The molecule has 1 heterocycles. The zero-order valence-corrected chi connectivity index (χ0v) is 9.17. The number of hydrogen-bond acceptors (Lipinski definition) is 2. The number of benzene rings is 1. The van der Waals surface area contributed by atoms with Crippen LogP contribution in [-0.4, -0.2) is 4.98 Å². The van der Waals surface area contributed by atoms with E-state index in [1.807, 2.05) is 13.0 Å². The topological polar surface area (TPSA) is 46.0 Å². The summed E-state index contributed by atoms with van der Waals surface area (Å²) in [6.07, 6.45) is 5.78. The number of nitrogens with one attached hydrogen (secondary N) is 1. The molecule has 0 fully saturated rings. The van der Waals surface area contributed by atoms with Crippen molar-refractivity contribution in [3.63, 3.8) is 0 Å². The molecule has 1 aromatic heterocycles. The Labute approximate surface area is 92.8 Å². The standard InChI is InChI=1S/C13H13NO2/c1-8-6-10(9-4-2-3-5-9)7-11-12(8)14-13(15)16-11/h4,6-7H,2-3,5H2,1H3,(H,14,15). The lowest BCUT2D eigenvalue weighted by Gasteiger charge is -2.03. The normalized spacial score (nSPS) is 15.7. The molecular formula is C13H13NO2. The maximum atomic E-state index is 11.1. The summed E-state index contributed by atoms with van der Waals surface area (Å²) in [4.78, 5) is 13.8. The Morgan fingerprint density at radius 2 is 2.25 bits per heavy atom. The molecule has 3 rings (SSSR count). The van der Waals surface area contributed by atoms with Gasteiger partial charge in [-0.3, -0.25) is 4.98 Å². The van der Waals surface area contributed by atoms with Crippen LogP contribution in [0.1, 0.15) is 30.4 Å². The SMILES string of the molecule is Cc1cc(C2=CCCC2)cc2oc(=O)[nH]c12. The highest BCUT2D eigenvalue weighted by molar-refractivity contribution is 5.82. The summed E-state index contributed by atoms with van der Waals surface area (Å²) < 4.78 is 5.11. The third kappa shape index (κ3) is 1.40. The minimum atomic E-state index is -0.379. The summed E-state index contributed by atoms with van der Waals surface area (Å²) >= 11 is 0. The fourth-order valence-corrected chi connectivity index (χ4v) is 2.34. The van der Waals surface area contributed by atoms with E-state index < -0.39 is 0 Å². The molecule has 2 aromatic rings. The molecule has 0 unspecified atom stereocenters. The number of fused-ring (bicyclic) bond motifs is 1. The number of aryl methyl sites for hydroxylation is 1. The highest BCUT2D eigenvalue weighted by Gasteiger charge is 2.11. The van der Waals surface area contributed by atoms with E-state index in [0.29, 0.717) is 5.58 Å². The largest absolute Gasteiger partial charge is 0.417 e. The minimum Gasteiger partial charge on any atom is -0.408 e. The smallest absolute Gasteiger partial charge is 0.408 e.